The van der Waals surface area contributed by atoms with Crippen LogP contribution in [0.2, 0.25) is 0 Å². The van der Waals surface area contributed by atoms with Crippen molar-refractivity contribution >= 4 is 11.6 Å². The SMILES string of the molecule is CON(C)C(=O)c1ccc(OC(F)(F)F)c(N)c1. The van der Waals surface area contributed by atoms with E-state index in [2.05, 4.69) is 9.57 Å². The zero-order valence-electron chi connectivity index (χ0n) is 9.62. The van der Waals surface area contributed by atoms with Gasteiger partial charge in [0, 0.05) is 12.6 Å². The molecule has 0 bridgehead atoms. The van der Waals surface area contributed by atoms with Crippen molar-refractivity contribution in [1.82, 2.24) is 5.06 Å². The van der Waals surface area contributed by atoms with Crippen LogP contribution in [-0.4, -0.2) is 31.5 Å². The van der Waals surface area contributed by atoms with E-state index in [1.165, 1.54) is 14.2 Å². The van der Waals surface area contributed by atoms with Crippen molar-refractivity contribution in [3.63, 3.8) is 0 Å². The molecule has 1 aromatic carbocycles. The molecular weight excluding hydrogens is 253 g/mol. The molecule has 1 aromatic rings. The summed E-state index contributed by atoms with van der Waals surface area (Å²) in [4.78, 5) is 16.3. The molecule has 5 nitrogen and oxygen atoms in total. The van der Waals surface area contributed by atoms with Crippen molar-refractivity contribution < 1.29 is 27.5 Å². The van der Waals surface area contributed by atoms with Crippen molar-refractivity contribution in [2.24, 2.45) is 0 Å². The number of ether oxygens (including phenoxy) is 1. The maximum absolute atomic E-state index is 12.0. The lowest BCUT2D eigenvalue weighted by Crippen LogP contribution is -2.25. The summed E-state index contributed by atoms with van der Waals surface area (Å²) >= 11 is 0. The van der Waals surface area contributed by atoms with Crippen molar-refractivity contribution in [1.29, 1.82) is 0 Å². The van der Waals surface area contributed by atoms with Gasteiger partial charge in [0.15, 0.2) is 5.75 Å². The van der Waals surface area contributed by atoms with Crippen molar-refractivity contribution in [2.45, 2.75) is 6.36 Å². The number of nitrogen functional groups attached to an aromatic ring is 1. The first-order valence-corrected chi connectivity index (χ1v) is 4.72. The molecule has 0 aliphatic heterocycles. The first-order valence-electron chi connectivity index (χ1n) is 4.72. The highest BCUT2D eigenvalue weighted by atomic mass is 19.4. The Morgan fingerprint density at radius 1 is 1.39 bits per heavy atom. The van der Waals surface area contributed by atoms with Crippen molar-refractivity contribution in [3.05, 3.63) is 23.8 Å². The number of rotatable bonds is 3. The molecule has 0 atom stereocenters. The van der Waals surface area contributed by atoms with E-state index < -0.39 is 18.0 Å². The lowest BCUT2D eigenvalue weighted by atomic mass is 10.2. The van der Waals surface area contributed by atoms with E-state index >= 15 is 0 Å². The minimum absolute atomic E-state index is 0.0892. The van der Waals surface area contributed by atoms with E-state index in [0.717, 1.165) is 23.3 Å². The quantitative estimate of drug-likeness (QED) is 0.668. The third kappa shape index (κ3) is 3.52. The van der Waals surface area contributed by atoms with E-state index in [9.17, 15) is 18.0 Å². The van der Waals surface area contributed by atoms with E-state index in [1.54, 1.807) is 0 Å². The molecule has 0 aliphatic rings. The predicted molar refractivity (Wildman–Crippen MR) is 56.6 cm³/mol. The Bertz CT molecular complexity index is 448. The van der Waals surface area contributed by atoms with Crippen LogP contribution in [0.25, 0.3) is 0 Å². The van der Waals surface area contributed by atoms with Crippen molar-refractivity contribution in [3.8, 4) is 5.75 Å². The summed E-state index contributed by atoms with van der Waals surface area (Å²) in [5.41, 5.74) is 5.17. The van der Waals surface area contributed by atoms with Gasteiger partial charge in [-0.15, -0.1) is 13.2 Å². The van der Waals surface area contributed by atoms with Gasteiger partial charge < -0.3 is 10.5 Å². The molecule has 0 aromatic heterocycles. The summed E-state index contributed by atoms with van der Waals surface area (Å²) in [5.74, 6) is -1.10. The molecule has 0 radical (unpaired) electrons. The Balaban J connectivity index is 2.96. The number of hydrogen-bond donors (Lipinski definition) is 1. The molecule has 2 N–H and O–H groups in total. The number of nitrogens with two attached hydrogens (primary N) is 1. The molecule has 18 heavy (non-hydrogen) atoms. The van der Waals surface area contributed by atoms with Crippen LogP contribution in [-0.2, 0) is 4.84 Å². The number of anilines is 1. The third-order valence-corrected chi connectivity index (χ3v) is 2.04. The summed E-state index contributed by atoms with van der Waals surface area (Å²) in [6.45, 7) is 0. The summed E-state index contributed by atoms with van der Waals surface area (Å²) < 4.78 is 39.6. The van der Waals surface area contributed by atoms with Gasteiger partial charge in [-0.1, -0.05) is 0 Å². The molecule has 0 saturated heterocycles. The van der Waals surface area contributed by atoms with E-state index in [-0.39, 0.29) is 11.3 Å². The van der Waals surface area contributed by atoms with Gasteiger partial charge in [0.2, 0.25) is 0 Å². The lowest BCUT2D eigenvalue weighted by Gasteiger charge is -2.15. The van der Waals surface area contributed by atoms with E-state index in [0.29, 0.717) is 0 Å². The fraction of sp³-hybridized carbons (Fsp3) is 0.300. The smallest absolute Gasteiger partial charge is 0.404 e. The highest BCUT2D eigenvalue weighted by Crippen LogP contribution is 2.29. The van der Waals surface area contributed by atoms with Gasteiger partial charge in [-0.05, 0) is 18.2 Å². The molecule has 100 valence electrons. The normalized spacial score (nSPS) is 11.2. The second-order valence-corrected chi connectivity index (χ2v) is 3.29. The Labute approximate surface area is 101 Å². The first kappa shape index (κ1) is 14.1. The van der Waals surface area contributed by atoms with Gasteiger partial charge in [-0.25, -0.2) is 5.06 Å². The van der Waals surface area contributed by atoms with E-state index in [1.807, 2.05) is 0 Å². The molecule has 0 saturated carbocycles. The molecule has 1 amide bonds. The molecule has 0 spiro atoms. The Morgan fingerprint density at radius 2 is 2.00 bits per heavy atom. The number of amides is 1. The van der Waals surface area contributed by atoms with Crippen LogP contribution in [0, 0.1) is 0 Å². The first-order chi connectivity index (χ1) is 8.24. The standard InChI is InChI=1S/C10H11F3N2O3/c1-15(17-2)9(16)6-3-4-8(7(14)5-6)18-10(11,12)13/h3-5H,14H2,1-2H3. The second-order valence-electron chi connectivity index (χ2n) is 3.29. The van der Waals surface area contributed by atoms with Crippen LogP contribution in [0.4, 0.5) is 18.9 Å². The molecule has 0 heterocycles. The van der Waals surface area contributed by atoms with Crippen LogP contribution in [0.5, 0.6) is 5.75 Å². The third-order valence-electron chi connectivity index (χ3n) is 2.04. The Morgan fingerprint density at radius 3 is 2.44 bits per heavy atom. The largest absolute Gasteiger partial charge is 0.573 e. The van der Waals surface area contributed by atoms with Gasteiger partial charge in [0.05, 0.1) is 12.8 Å². The predicted octanol–water partition coefficient (Wildman–Crippen LogP) is 1.80. The van der Waals surface area contributed by atoms with Gasteiger partial charge in [0.25, 0.3) is 5.91 Å². The maximum atomic E-state index is 12.0. The summed E-state index contributed by atoms with van der Waals surface area (Å²) in [5, 5.41) is 0.916. The minimum Gasteiger partial charge on any atom is -0.404 e. The topological polar surface area (TPSA) is 64.8 Å². The Hall–Kier alpha value is -1.96. The van der Waals surface area contributed by atoms with Crippen molar-refractivity contribution in [2.75, 3.05) is 19.9 Å². The zero-order chi connectivity index (χ0) is 13.9. The molecular formula is C10H11F3N2O3. The highest BCUT2D eigenvalue weighted by Gasteiger charge is 2.32. The summed E-state index contributed by atoms with van der Waals surface area (Å²) in [7, 11) is 2.64. The fourth-order valence-corrected chi connectivity index (χ4v) is 1.16. The maximum Gasteiger partial charge on any atom is 0.573 e. The average molecular weight is 264 g/mol. The fourth-order valence-electron chi connectivity index (χ4n) is 1.16. The molecule has 0 fully saturated rings. The molecule has 8 heteroatoms. The molecule has 0 unspecified atom stereocenters. The number of hydrogen-bond acceptors (Lipinski definition) is 4. The van der Waals surface area contributed by atoms with Crippen LogP contribution >= 0.6 is 0 Å². The van der Waals surface area contributed by atoms with Gasteiger partial charge >= 0.3 is 6.36 Å². The number of hydroxylamine groups is 2. The monoisotopic (exact) mass is 264 g/mol. The van der Waals surface area contributed by atoms with Crippen LogP contribution in [0.15, 0.2) is 18.2 Å². The summed E-state index contributed by atoms with van der Waals surface area (Å²) in [6.07, 6.45) is -4.83. The number of nitrogens with zero attached hydrogens (tertiary/aromatic N) is 1. The number of halogens is 3. The van der Waals surface area contributed by atoms with Gasteiger partial charge in [0.1, 0.15) is 0 Å². The Kier molecular flexibility index (Phi) is 4.02. The van der Waals surface area contributed by atoms with Crippen LogP contribution in [0.3, 0.4) is 0 Å². The second kappa shape index (κ2) is 5.13. The summed E-state index contributed by atoms with van der Waals surface area (Å²) in [6, 6.07) is 3.22. The lowest BCUT2D eigenvalue weighted by molar-refractivity contribution is -0.274. The van der Waals surface area contributed by atoms with Crippen LogP contribution in [0.1, 0.15) is 10.4 Å². The molecule has 0 aliphatic carbocycles. The highest BCUT2D eigenvalue weighted by molar-refractivity contribution is 5.94. The zero-order valence-corrected chi connectivity index (χ0v) is 9.62. The van der Waals surface area contributed by atoms with Gasteiger partial charge in [-0.2, -0.15) is 0 Å². The van der Waals surface area contributed by atoms with Crippen LogP contribution < -0.4 is 10.5 Å². The number of carbonyl (C=O) groups is 1. The number of alkyl halides is 3. The minimum atomic E-state index is -4.83. The van der Waals surface area contributed by atoms with Gasteiger partial charge in [-0.3, -0.25) is 9.63 Å². The van der Waals surface area contributed by atoms with E-state index in [4.69, 9.17) is 5.73 Å². The number of carbonyl (C=O) groups excluding carboxylic acids is 1. The number of benzene rings is 1. The molecule has 1 rings (SSSR count). The average Bonchev–Trinajstić information content (AvgIpc) is 2.28.